The van der Waals surface area contributed by atoms with Crippen molar-refractivity contribution in [2.24, 2.45) is 5.92 Å². The first-order valence-corrected chi connectivity index (χ1v) is 4.23. The van der Waals surface area contributed by atoms with Gasteiger partial charge in [-0.1, -0.05) is 0 Å². The minimum Gasteiger partial charge on any atom is -0.664 e. The highest BCUT2D eigenvalue weighted by Crippen LogP contribution is 2.09. The largest absolute Gasteiger partial charge is 0.664 e. The van der Waals surface area contributed by atoms with Crippen LogP contribution in [-0.4, -0.2) is 29.3 Å². The molecule has 13 heavy (non-hydrogen) atoms. The first kappa shape index (κ1) is 12.2. The Labute approximate surface area is 82.8 Å². The molecule has 1 atom stereocenters. The molecule has 1 amide bonds. The summed E-state index contributed by atoms with van der Waals surface area (Å²) in [7, 11) is 1.44. The number of hydrogen-bond acceptors (Lipinski definition) is 4. The fourth-order valence-corrected chi connectivity index (χ4v) is 0.923. The molecular formula is C8H12NO3S-. The summed E-state index contributed by atoms with van der Waals surface area (Å²) in [5.74, 6) is -0.982. The van der Waals surface area contributed by atoms with E-state index in [1.165, 1.54) is 14.0 Å². The summed E-state index contributed by atoms with van der Waals surface area (Å²) < 4.78 is 1.00. The molecule has 0 spiro atoms. The summed E-state index contributed by atoms with van der Waals surface area (Å²) in [6.45, 7) is 1.37. The van der Waals surface area contributed by atoms with Gasteiger partial charge in [-0.15, -0.1) is 0 Å². The predicted molar refractivity (Wildman–Crippen MR) is 49.6 cm³/mol. The standard InChI is InChI=1S/C8H12NO3S/c1-6(11)7(3-4-10)5-8(12)9(2)13/h4,7H,3,5H2,1-2H3/q-1. The SMILES string of the molecule is CC(=O)C(CC=O)CC(=O)N(C)[S-]. The second kappa shape index (κ2) is 5.75. The lowest BCUT2D eigenvalue weighted by Crippen LogP contribution is -2.25. The van der Waals surface area contributed by atoms with Crippen molar-refractivity contribution < 1.29 is 14.4 Å². The molecule has 0 bridgehead atoms. The molecule has 0 aliphatic heterocycles. The lowest BCUT2D eigenvalue weighted by Gasteiger charge is -2.24. The third-order valence-corrected chi connectivity index (χ3v) is 1.93. The molecule has 74 valence electrons. The molecule has 1 unspecified atom stereocenters. The molecule has 0 aliphatic carbocycles. The van der Waals surface area contributed by atoms with Gasteiger partial charge in [-0.2, -0.15) is 0 Å². The van der Waals surface area contributed by atoms with Crippen molar-refractivity contribution in [2.75, 3.05) is 7.05 Å². The maximum absolute atomic E-state index is 11.1. The van der Waals surface area contributed by atoms with Crippen molar-refractivity contribution in [3.05, 3.63) is 0 Å². The molecule has 0 aliphatic rings. The molecular weight excluding hydrogens is 190 g/mol. The van der Waals surface area contributed by atoms with Crippen molar-refractivity contribution in [1.82, 2.24) is 4.31 Å². The second-order valence-electron chi connectivity index (χ2n) is 2.81. The number of amides is 1. The van der Waals surface area contributed by atoms with Crippen LogP contribution in [0.2, 0.25) is 0 Å². The first-order valence-electron chi connectivity index (χ1n) is 3.86. The maximum Gasteiger partial charge on any atom is 0.201 e. The lowest BCUT2D eigenvalue weighted by atomic mass is 9.98. The van der Waals surface area contributed by atoms with Gasteiger partial charge in [-0.25, -0.2) is 0 Å². The summed E-state index contributed by atoms with van der Waals surface area (Å²) in [4.78, 5) is 32.2. The van der Waals surface area contributed by atoms with Crippen LogP contribution in [0, 0.1) is 5.92 Å². The predicted octanol–water partition coefficient (Wildman–Crippen LogP) is 0.0910. The number of nitrogens with zero attached hydrogens (tertiary/aromatic N) is 1. The topological polar surface area (TPSA) is 54.5 Å². The van der Waals surface area contributed by atoms with E-state index in [0.717, 1.165) is 4.31 Å². The molecule has 5 heteroatoms. The van der Waals surface area contributed by atoms with Gasteiger partial charge in [0.25, 0.3) is 0 Å². The van der Waals surface area contributed by atoms with Crippen molar-refractivity contribution in [3.63, 3.8) is 0 Å². The van der Waals surface area contributed by atoms with E-state index in [-0.39, 0.29) is 24.5 Å². The zero-order valence-corrected chi connectivity index (χ0v) is 8.47. The van der Waals surface area contributed by atoms with Gasteiger partial charge in [0, 0.05) is 18.8 Å². The van der Waals surface area contributed by atoms with Crippen LogP contribution in [0.25, 0.3) is 0 Å². The van der Waals surface area contributed by atoms with Crippen LogP contribution in [0.5, 0.6) is 0 Å². The smallest absolute Gasteiger partial charge is 0.201 e. The minimum absolute atomic E-state index is 0.0219. The normalized spacial score (nSPS) is 11.9. The number of aldehydes is 1. The van der Waals surface area contributed by atoms with Crippen LogP contribution in [0.1, 0.15) is 19.8 Å². The zero-order valence-electron chi connectivity index (χ0n) is 7.65. The second-order valence-corrected chi connectivity index (χ2v) is 3.35. The number of rotatable bonds is 5. The van der Waals surface area contributed by atoms with Crippen LogP contribution in [-0.2, 0) is 27.2 Å². The van der Waals surface area contributed by atoms with E-state index in [9.17, 15) is 14.4 Å². The Balaban J connectivity index is 4.17. The minimum atomic E-state index is -0.518. The molecule has 0 heterocycles. The van der Waals surface area contributed by atoms with Gasteiger partial charge in [0.05, 0.1) is 0 Å². The van der Waals surface area contributed by atoms with E-state index in [1.54, 1.807) is 0 Å². The Hall–Kier alpha value is -0.840. The van der Waals surface area contributed by atoms with Crippen LogP contribution < -0.4 is 0 Å². The van der Waals surface area contributed by atoms with Gasteiger partial charge in [-0.3, -0.25) is 9.59 Å². The summed E-state index contributed by atoms with van der Waals surface area (Å²) in [6.07, 6.45) is 0.751. The number of carbonyl (C=O) groups excluding carboxylic acids is 3. The van der Waals surface area contributed by atoms with Gasteiger partial charge in [0.2, 0.25) is 5.91 Å². The van der Waals surface area contributed by atoms with Crippen LogP contribution in [0.15, 0.2) is 0 Å². The van der Waals surface area contributed by atoms with E-state index in [1.807, 2.05) is 0 Å². The van der Waals surface area contributed by atoms with Crippen LogP contribution in [0.3, 0.4) is 0 Å². The number of carbonyl (C=O) groups is 3. The van der Waals surface area contributed by atoms with Gasteiger partial charge >= 0.3 is 0 Å². The number of ketones is 1. The quantitative estimate of drug-likeness (QED) is 0.468. The molecule has 0 radical (unpaired) electrons. The Kier molecular flexibility index (Phi) is 5.37. The van der Waals surface area contributed by atoms with E-state index in [4.69, 9.17) is 0 Å². The molecule has 4 nitrogen and oxygen atoms in total. The number of hydrogen-bond donors (Lipinski definition) is 0. The summed E-state index contributed by atoms with van der Waals surface area (Å²) >= 11 is 4.57. The summed E-state index contributed by atoms with van der Waals surface area (Å²) in [5, 5.41) is 0. The average Bonchev–Trinajstić information content (AvgIpc) is 2.03. The summed E-state index contributed by atoms with van der Waals surface area (Å²) in [5.41, 5.74) is 0. The van der Waals surface area contributed by atoms with Crippen LogP contribution in [0.4, 0.5) is 0 Å². The zero-order chi connectivity index (χ0) is 10.4. The molecule has 0 saturated heterocycles. The first-order chi connectivity index (χ1) is 5.99. The Bertz CT molecular complexity index is 215. The van der Waals surface area contributed by atoms with Gasteiger partial charge in [-0.05, 0) is 14.0 Å². The van der Waals surface area contributed by atoms with E-state index < -0.39 is 5.92 Å². The lowest BCUT2D eigenvalue weighted by molar-refractivity contribution is -0.131. The van der Waals surface area contributed by atoms with Crippen molar-refractivity contribution in [1.29, 1.82) is 0 Å². The molecule has 0 fully saturated rings. The van der Waals surface area contributed by atoms with Gasteiger partial charge in [0.1, 0.15) is 12.1 Å². The van der Waals surface area contributed by atoms with E-state index >= 15 is 0 Å². The monoisotopic (exact) mass is 202 g/mol. The van der Waals surface area contributed by atoms with Crippen molar-refractivity contribution >= 4 is 30.8 Å². The van der Waals surface area contributed by atoms with E-state index in [0.29, 0.717) is 6.29 Å². The maximum atomic E-state index is 11.1. The molecule has 0 N–H and O–H groups in total. The fourth-order valence-electron chi connectivity index (χ4n) is 0.849. The third-order valence-electron chi connectivity index (χ3n) is 1.73. The highest BCUT2D eigenvalue weighted by Gasteiger charge is 2.17. The summed E-state index contributed by atoms with van der Waals surface area (Å²) in [6, 6.07) is 0. The molecule has 0 aromatic rings. The molecule has 0 aromatic carbocycles. The fraction of sp³-hybridized carbons (Fsp3) is 0.625. The molecule has 0 rings (SSSR count). The third kappa shape index (κ3) is 4.67. The van der Waals surface area contributed by atoms with Crippen LogP contribution >= 0.6 is 0 Å². The number of Topliss-reactive ketones (excluding diaryl/α,β-unsaturated/α-hetero) is 1. The highest BCUT2D eigenvalue weighted by atomic mass is 32.1. The molecule has 0 saturated carbocycles. The van der Waals surface area contributed by atoms with E-state index in [2.05, 4.69) is 12.8 Å². The highest BCUT2D eigenvalue weighted by molar-refractivity contribution is 7.56. The van der Waals surface area contributed by atoms with Crippen molar-refractivity contribution in [2.45, 2.75) is 19.8 Å². The molecule has 0 aromatic heterocycles. The van der Waals surface area contributed by atoms with Gasteiger partial charge < -0.3 is 21.9 Å². The Morgan fingerprint density at radius 3 is 2.38 bits per heavy atom. The Morgan fingerprint density at radius 2 is 2.08 bits per heavy atom. The van der Waals surface area contributed by atoms with Gasteiger partial charge in [0.15, 0.2) is 0 Å². The van der Waals surface area contributed by atoms with Crippen molar-refractivity contribution in [3.8, 4) is 0 Å². The Morgan fingerprint density at radius 1 is 1.54 bits per heavy atom. The average molecular weight is 202 g/mol.